The van der Waals surface area contributed by atoms with Crippen molar-refractivity contribution in [3.63, 3.8) is 0 Å². The second kappa shape index (κ2) is 5.68. The van der Waals surface area contributed by atoms with Gasteiger partial charge in [-0.15, -0.1) is 0 Å². The molecule has 2 aromatic rings. The van der Waals surface area contributed by atoms with Crippen LogP contribution in [0.2, 0.25) is 0 Å². The Bertz CT molecular complexity index is 520. The molecule has 1 nitrogen and oxygen atoms in total. The fourth-order valence-electron chi connectivity index (χ4n) is 1.94. The normalized spacial score (nSPS) is 12.7. The van der Waals surface area contributed by atoms with Crippen molar-refractivity contribution >= 4 is 15.9 Å². The van der Waals surface area contributed by atoms with E-state index in [4.69, 9.17) is 0 Å². The number of hydrogen-bond acceptors (Lipinski definition) is 1. The molecule has 2 heteroatoms. The summed E-state index contributed by atoms with van der Waals surface area (Å²) in [6.45, 7) is 4.32. The average Bonchev–Trinajstić information content (AvgIpc) is 2.38. The third-order valence-electron chi connectivity index (χ3n) is 3.10. The molecule has 0 saturated carbocycles. The maximum atomic E-state index is 10.4. The van der Waals surface area contributed by atoms with Gasteiger partial charge in [-0.2, -0.15) is 0 Å². The van der Waals surface area contributed by atoms with E-state index in [2.05, 4.69) is 41.9 Å². The minimum Gasteiger partial charge on any atom is -0.384 e. The molecule has 94 valence electrons. The first-order valence-corrected chi connectivity index (χ1v) is 6.91. The van der Waals surface area contributed by atoms with Crippen molar-refractivity contribution in [3.05, 3.63) is 69.7 Å². The van der Waals surface area contributed by atoms with Crippen LogP contribution in [0.25, 0.3) is 0 Å². The van der Waals surface area contributed by atoms with Crippen LogP contribution in [0.1, 0.15) is 42.6 Å². The third-order valence-corrected chi connectivity index (χ3v) is 3.79. The lowest BCUT2D eigenvalue weighted by molar-refractivity contribution is 0.219. The molecule has 0 radical (unpaired) electrons. The van der Waals surface area contributed by atoms with Crippen molar-refractivity contribution in [2.45, 2.75) is 25.9 Å². The molecule has 0 aliphatic heterocycles. The number of hydrogen-bond donors (Lipinski definition) is 1. The highest BCUT2D eigenvalue weighted by Crippen LogP contribution is 2.30. The second-order valence-corrected chi connectivity index (χ2v) is 5.60. The SMILES string of the molecule is CC(C)c1ccc(C(O)c2ccccc2)c(Br)c1. The van der Waals surface area contributed by atoms with Gasteiger partial charge < -0.3 is 5.11 Å². The van der Waals surface area contributed by atoms with Crippen molar-refractivity contribution in [2.75, 3.05) is 0 Å². The largest absolute Gasteiger partial charge is 0.384 e. The molecule has 18 heavy (non-hydrogen) atoms. The fourth-order valence-corrected chi connectivity index (χ4v) is 2.55. The Morgan fingerprint density at radius 2 is 1.61 bits per heavy atom. The van der Waals surface area contributed by atoms with Crippen molar-refractivity contribution in [1.29, 1.82) is 0 Å². The Morgan fingerprint density at radius 1 is 0.944 bits per heavy atom. The zero-order chi connectivity index (χ0) is 13.1. The van der Waals surface area contributed by atoms with Crippen LogP contribution in [0.5, 0.6) is 0 Å². The van der Waals surface area contributed by atoms with Gasteiger partial charge >= 0.3 is 0 Å². The number of aliphatic hydroxyl groups is 1. The van der Waals surface area contributed by atoms with Crippen LogP contribution in [0, 0.1) is 0 Å². The van der Waals surface area contributed by atoms with Crippen LogP contribution in [0.4, 0.5) is 0 Å². The predicted molar refractivity (Wildman–Crippen MR) is 78.7 cm³/mol. The Hall–Kier alpha value is -1.12. The molecule has 0 amide bonds. The summed E-state index contributed by atoms with van der Waals surface area (Å²) in [5.41, 5.74) is 3.09. The molecule has 0 bridgehead atoms. The summed E-state index contributed by atoms with van der Waals surface area (Å²) in [6.07, 6.45) is -0.582. The molecule has 2 aromatic carbocycles. The molecular formula is C16H17BrO. The first-order valence-electron chi connectivity index (χ1n) is 6.12. The molecule has 0 aromatic heterocycles. The van der Waals surface area contributed by atoms with Gasteiger partial charge in [-0.25, -0.2) is 0 Å². The predicted octanol–water partition coefficient (Wildman–Crippen LogP) is 4.65. The molecule has 1 atom stereocenters. The maximum absolute atomic E-state index is 10.4. The van der Waals surface area contributed by atoms with Crippen LogP contribution in [0.3, 0.4) is 0 Å². The van der Waals surface area contributed by atoms with E-state index < -0.39 is 6.10 Å². The Kier molecular flexibility index (Phi) is 4.20. The lowest BCUT2D eigenvalue weighted by Gasteiger charge is -2.15. The van der Waals surface area contributed by atoms with Gasteiger partial charge in [0.1, 0.15) is 6.10 Å². The van der Waals surface area contributed by atoms with Gasteiger partial charge in [0.05, 0.1) is 0 Å². The standard InChI is InChI=1S/C16H17BrO/c1-11(2)13-8-9-14(15(17)10-13)16(18)12-6-4-3-5-7-12/h3-11,16,18H,1-2H3. The zero-order valence-electron chi connectivity index (χ0n) is 10.6. The summed E-state index contributed by atoms with van der Waals surface area (Å²) in [5, 5.41) is 10.4. The average molecular weight is 305 g/mol. The van der Waals surface area contributed by atoms with E-state index in [-0.39, 0.29) is 0 Å². The van der Waals surface area contributed by atoms with Crippen molar-refractivity contribution in [2.24, 2.45) is 0 Å². The van der Waals surface area contributed by atoms with Crippen molar-refractivity contribution in [1.82, 2.24) is 0 Å². The number of halogens is 1. The maximum Gasteiger partial charge on any atom is 0.105 e. The second-order valence-electron chi connectivity index (χ2n) is 4.75. The lowest BCUT2D eigenvalue weighted by atomic mass is 9.97. The van der Waals surface area contributed by atoms with Gasteiger partial charge in [0, 0.05) is 4.47 Å². The summed E-state index contributed by atoms with van der Waals surface area (Å²) >= 11 is 3.55. The number of aliphatic hydroxyl groups excluding tert-OH is 1. The molecule has 0 spiro atoms. The summed E-state index contributed by atoms with van der Waals surface area (Å²) in [4.78, 5) is 0. The zero-order valence-corrected chi connectivity index (χ0v) is 12.2. The van der Waals surface area contributed by atoms with E-state index in [1.165, 1.54) is 5.56 Å². The first-order chi connectivity index (χ1) is 8.59. The molecule has 1 N–H and O–H groups in total. The van der Waals surface area contributed by atoms with Gasteiger partial charge in [0.25, 0.3) is 0 Å². The van der Waals surface area contributed by atoms with E-state index in [9.17, 15) is 5.11 Å². The van der Waals surface area contributed by atoms with E-state index >= 15 is 0 Å². The first kappa shape index (κ1) is 13.3. The topological polar surface area (TPSA) is 20.2 Å². The number of benzene rings is 2. The van der Waals surface area contributed by atoms with Gasteiger partial charge in [0.2, 0.25) is 0 Å². The molecule has 0 saturated heterocycles. The molecule has 2 rings (SSSR count). The Balaban J connectivity index is 2.34. The molecule has 1 unspecified atom stereocenters. The van der Waals surface area contributed by atoms with E-state index in [1.807, 2.05) is 36.4 Å². The van der Waals surface area contributed by atoms with Crippen LogP contribution < -0.4 is 0 Å². The molecule has 0 heterocycles. The van der Waals surface area contributed by atoms with Crippen LogP contribution in [-0.4, -0.2) is 5.11 Å². The van der Waals surface area contributed by atoms with E-state index in [0.29, 0.717) is 5.92 Å². The summed E-state index contributed by atoms with van der Waals surface area (Å²) in [5.74, 6) is 0.490. The smallest absolute Gasteiger partial charge is 0.105 e. The molecule has 0 aliphatic rings. The monoisotopic (exact) mass is 304 g/mol. The lowest BCUT2D eigenvalue weighted by Crippen LogP contribution is -2.01. The van der Waals surface area contributed by atoms with Crippen LogP contribution in [-0.2, 0) is 0 Å². The fraction of sp³-hybridized carbons (Fsp3) is 0.250. The quantitative estimate of drug-likeness (QED) is 0.875. The third kappa shape index (κ3) is 2.82. The van der Waals surface area contributed by atoms with Gasteiger partial charge in [-0.1, -0.05) is 72.2 Å². The van der Waals surface area contributed by atoms with Crippen LogP contribution >= 0.6 is 15.9 Å². The van der Waals surface area contributed by atoms with Gasteiger partial charge in [0.15, 0.2) is 0 Å². The minimum absolute atomic E-state index is 0.490. The highest BCUT2D eigenvalue weighted by molar-refractivity contribution is 9.10. The minimum atomic E-state index is -0.582. The highest BCUT2D eigenvalue weighted by Gasteiger charge is 2.14. The van der Waals surface area contributed by atoms with Crippen LogP contribution in [0.15, 0.2) is 53.0 Å². The van der Waals surface area contributed by atoms with Crippen molar-refractivity contribution in [3.8, 4) is 0 Å². The Labute approximate surface area is 117 Å². The molecule has 0 fully saturated rings. The highest BCUT2D eigenvalue weighted by atomic mass is 79.9. The molecular weight excluding hydrogens is 288 g/mol. The summed E-state index contributed by atoms with van der Waals surface area (Å²) < 4.78 is 0.963. The summed E-state index contributed by atoms with van der Waals surface area (Å²) in [6, 6.07) is 15.9. The Morgan fingerprint density at radius 3 is 2.17 bits per heavy atom. The van der Waals surface area contributed by atoms with E-state index in [1.54, 1.807) is 0 Å². The number of rotatable bonds is 3. The van der Waals surface area contributed by atoms with E-state index in [0.717, 1.165) is 15.6 Å². The summed E-state index contributed by atoms with van der Waals surface area (Å²) in [7, 11) is 0. The van der Waals surface area contributed by atoms with Gasteiger partial charge in [-0.05, 0) is 28.7 Å². The van der Waals surface area contributed by atoms with Crippen molar-refractivity contribution < 1.29 is 5.11 Å². The molecule has 0 aliphatic carbocycles. The van der Waals surface area contributed by atoms with Gasteiger partial charge in [-0.3, -0.25) is 0 Å².